The fourth-order valence-corrected chi connectivity index (χ4v) is 3.26. The van der Waals surface area contributed by atoms with Gasteiger partial charge in [-0.25, -0.2) is 4.79 Å². The summed E-state index contributed by atoms with van der Waals surface area (Å²) < 4.78 is 0. The monoisotopic (exact) mass is 335 g/mol. The molecule has 3 heterocycles. The number of nitrogens with one attached hydrogen (secondary N) is 4. The van der Waals surface area contributed by atoms with E-state index in [1.54, 1.807) is 4.90 Å². The first-order valence-corrected chi connectivity index (χ1v) is 8.48. The summed E-state index contributed by atoms with van der Waals surface area (Å²) in [6, 6.07) is -0.160. The van der Waals surface area contributed by atoms with E-state index in [0.717, 1.165) is 25.1 Å². The molecule has 0 aliphatic carbocycles. The van der Waals surface area contributed by atoms with Gasteiger partial charge in [-0.2, -0.15) is 0 Å². The molecule has 5 N–H and O–H groups in total. The fraction of sp³-hybridized carbons (Fsp3) is 0.625. The number of dihydropyridines is 1. The van der Waals surface area contributed by atoms with Gasteiger partial charge in [-0.15, -0.1) is 0 Å². The Morgan fingerprint density at radius 1 is 1.33 bits per heavy atom. The number of hydrogen-bond donors (Lipinski definition) is 5. The van der Waals surface area contributed by atoms with Crippen LogP contribution >= 0.6 is 0 Å². The molecular formula is C16H25N5O3. The van der Waals surface area contributed by atoms with E-state index in [4.69, 9.17) is 5.11 Å². The molecule has 1 atom stereocenters. The number of carbonyl (C=O) groups is 2. The summed E-state index contributed by atoms with van der Waals surface area (Å²) in [4.78, 5) is 24.2. The molecule has 1 unspecified atom stereocenters. The van der Waals surface area contributed by atoms with Gasteiger partial charge in [-0.05, 0) is 31.0 Å². The van der Waals surface area contributed by atoms with Gasteiger partial charge >= 0.3 is 12.0 Å². The topological polar surface area (TPSA) is 106 Å². The highest BCUT2D eigenvalue weighted by Gasteiger charge is 2.29. The van der Waals surface area contributed by atoms with Gasteiger partial charge in [0, 0.05) is 31.8 Å². The molecule has 132 valence electrons. The van der Waals surface area contributed by atoms with Gasteiger partial charge in [0.1, 0.15) is 0 Å². The maximum atomic E-state index is 11.8. The van der Waals surface area contributed by atoms with Crippen LogP contribution < -0.4 is 21.3 Å². The van der Waals surface area contributed by atoms with Crippen molar-refractivity contribution in [2.45, 2.75) is 31.5 Å². The number of amides is 2. The summed E-state index contributed by atoms with van der Waals surface area (Å²) in [6.07, 6.45) is 7.57. The van der Waals surface area contributed by atoms with Crippen LogP contribution in [-0.2, 0) is 4.79 Å². The molecule has 2 amide bonds. The van der Waals surface area contributed by atoms with Crippen LogP contribution in [0.25, 0.3) is 0 Å². The standard InChI is InChI=1S/C16H25N5O3/c22-14(23)10-21-8-13(9-21)20-16(24)18-7-5-12-4-3-11-2-1-6-17-15(11)19-12/h3-4,13,15,17,19H,1-2,5-10H2,(H,22,23)(H2,18,20,24). The van der Waals surface area contributed by atoms with E-state index in [9.17, 15) is 9.59 Å². The van der Waals surface area contributed by atoms with Gasteiger partial charge in [0.05, 0.1) is 18.8 Å². The van der Waals surface area contributed by atoms with Crippen molar-refractivity contribution in [1.29, 1.82) is 0 Å². The Kier molecular flexibility index (Phi) is 5.37. The van der Waals surface area contributed by atoms with Crippen LogP contribution in [0.5, 0.6) is 0 Å². The minimum atomic E-state index is -0.837. The maximum Gasteiger partial charge on any atom is 0.317 e. The largest absolute Gasteiger partial charge is 0.480 e. The SMILES string of the molecule is O=C(O)CN1CC(NC(=O)NCCC2=CC=C3CCCNC3N2)C1. The number of hydrogen-bond acceptors (Lipinski definition) is 5. The van der Waals surface area contributed by atoms with Gasteiger partial charge < -0.3 is 21.1 Å². The van der Waals surface area contributed by atoms with Crippen molar-refractivity contribution < 1.29 is 14.7 Å². The number of allylic oxidation sites excluding steroid dienone is 2. The number of piperidine rings is 1. The molecule has 0 saturated carbocycles. The zero-order chi connectivity index (χ0) is 16.9. The molecule has 3 rings (SSSR count). The van der Waals surface area contributed by atoms with Gasteiger partial charge in [0.15, 0.2) is 0 Å². The maximum absolute atomic E-state index is 11.8. The first-order valence-electron chi connectivity index (χ1n) is 8.48. The molecule has 0 aromatic carbocycles. The molecule has 8 nitrogen and oxygen atoms in total. The summed E-state index contributed by atoms with van der Waals surface area (Å²) in [5, 5.41) is 21.3. The molecule has 0 bridgehead atoms. The minimum absolute atomic E-state index is 0.0321. The third-order valence-electron chi connectivity index (χ3n) is 4.52. The highest BCUT2D eigenvalue weighted by molar-refractivity contribution is 5.74. The van der Waals surface area contributed by atoms with E-state index in [2.05, 4.69) is 33.4 Å². The second-order valence-corrected chi connectivity index (χ2v) is 6.50. The third-order valence-corrected chi connectivity index (χ3v) is 4.52. The fourth-order valence-electron chi connectivity index (χ4n) is 3.26. The Morgan fingerprint density at radius 3 is 2.96 bits per heavy atom. The number of aliphatic carboxylic acids is 1. The van der Waals surface area contributed by atoms with E-state index in [1.165, 1.54) is 12.0 Å². The molecular weight excluding hydrogens is 310 g/mol. The molecule has 24 heavy (non-hydrogen) atoms. The van der Waals surface area contributed by atoms with Gasteiger partial charge in [0.25, 0.3) is 0 Å². The number of nitrogens with zero attached hydrogens (tertiary/aromatic N) is 1. The first kappa shape index (κ1) is 16.8. The Hall–Kier alpha value is -2.06. The van der Waals surface area contributed by atoms with E-state index in [1.807, 2.05) is 0 Å². The van der Waals surface area contributed by atoms with Crippen LogP contribution in [0.15, 0.2) is 23.4 Å². The lowest BCUT2D eigenvalue weighted by molar-refractivity contribution is -0.139. The van der Waals surface area contributed by atoms with E-state index in [0.29, 0.717) is 19.6 Å². The van der Waals surface area contributed by atoms with E-state index < -0.39 is 5.97 Å². The number of carboxylic acid groups (broad SMARTS) is 1. The van der Waals surface area contributed by atoms with Crippen molar-refractivity contribution >= 4 is 12.0 Å². The Labute approximate surface area is 141 Å². The molecule has 2 fully saturated rings. The predicted octanol–water partition coefficient (Wildman–Crippen LogP) is -0.432. The average Bonchev–Trinajstić information content (AvgIpc) is 2.52. The summed E-state index contributed by atoms with van der Waals surface area (Å²) in [5.74, 6) is -0.837. The van der Waals surface area contributed by atoms with E-state index in [-0.39, 0.29) is 24.8 Å². The second-order valence-electron chi connectivity index (χ2n) is 6.50. The zero-order valence-corrected chi connectivity index (χ0v) is 13.7. The third kappa shape index (κ3) is 4.48. The lowest BCUT2D eigenvalue weighted by atomic mass is 9.99. The van der Waals surface area contributed by atoms with Crippen molar-refractivity contribution in [3.63, 3.8) is 0 Å². The van der Waals surface area contributed by atoms with Crippen LogP contribution in [0.4, 0.5) is 4.79 Å². The van der Waals surface area contributed by atoms with Crippen molar-refractivity contribution in [2.75, 3.05) is 32.7 Å². The number of fused-ring (bicyclic) bond motifs is 1. The summed E-state index contributed by atoms with van der Waals surface area (Å²) in [6.45, 7) is 2.81. The molecule has 0 spiro atoms. The molecule has 2 saturated heterocycles. The van der Waals surface area contributed by atoms with Crippen LogP contribution in [0, 0.1) is 0 Å². The van der Waals surface area contributed by atoms with E-state index >= 15 is 0 Å². The lowest BCUT2D eigenvalue weighted by Crippen LogP contribution is -2.61. The van der Waals surface area contributed by atoms with Crippen molar-refractivity contribution in [3.8, 4) is 0 Å². The quantitative estimate of drug-likeness (QED) is 0.451. The smallest absolute Gasteiger partial charge is 0.317 e. The number of urea groups is 1. The Bertz CT molecular complexity index is 554. The van der Waals surface area contributed by atoms with Gasteiger partial charge in [-0.1, -0.05) is 6.08 Å². The van der Waals surface area contributed by atoms with Crippen LogP contribution in [0.1, 0.15) is 19.3 Å². The number of likely N-dealkylation sites (tertiary alicyclic amines) is 1. The Morgan fingerprint density at radius 2 is 2.17 bits per heavy atom. The number of rotatable bonds is 6. The van der Waals surface area contributed by atoms with Gasteiger partial charge in [-0.3, -0.25) is 15.0 Å². The van der Waals surface area contributed by atoms with Crippen LogP contribution in [0.3, 0.4) is 0 Å². The lowest BCUT2D eigenvalue weighted by Gasteiger charge is -2.38. The predicted molar refractivity (Wildman–Crippen MR) is 89.3 cm³/mol. The normalized spacial score (nSPS) is 23.9. The molecule has 8 heteroatoms. The average molecular weight is 335 g/mol. The molecule has 3 aliphatic heterocycles. The first-order chi connectivity index (χ1) is 11.6. The Balaban J connectivity index is 1.31. The number of carboxylic acids is 1. The highest BCUT2D eigenvalue weighted by Crippen LogP contribution is 2.19. The summed E-state index contributed by atoms with van der Waals surface area (Å²) in [7, 11) is 0. The highest BCUT2D eigenvalue weighted by atomic mass is 16.4. The molecule has 3 aliphatic rings. The van der Waals surface area contributed by atoms with Crippen LogP contribution in [-0.4, -0.2) is 66.9 Å². The molecule has 0 radical (unpaired) electrons. The van der Waals surface area contributed by atoms with Crippen molar-refractivity contribution in [2.24, 2.45) is 0 Å². The minimum Gasteiger partial charge on any atom is -0.480 e. The number of carbonyl (C=O) groups excluding carboxylic acids is 1. The second kappa shape index (κ2) is 7.67. The summed E-state index contributed by atoms with van der Waals surface area (Å²) in [5.41, 5.74) is 2.52. The van der Waals surface area contributed by atoms with Crippen molar-refractivity contribution in [3.05, 3.63) is 23.4 Å². The van der Waals surface area contributed by atoms with Crippen molar-refractivity contribution in [1.82, 2.24) is 26.2 Å². The molecule has 0 aromatic rings. The summed E-state index contributed by atoms with van der Waals surface area (Å²) >= 11 is 0. The molecule has 0 aromatic heterocycles. The van der Waals surface area contributed by atoms with Gasteiger partial charge in [0.2, 0.25) is 0 Å². The van der Waals surface area contributed by atoms with Crippen LogP contribution in [0.2, 0.25) is 0 Å². The zero-order valence-electron chi connectivity index (χ0n) is 13.7.